The maximum absolute atomic E-state index is 12.5. The molecule has 0 bridgehead atoms. The lowest BCUT2D eigenvalue weighted by atomic mass is 9.68. The van der Waals surface area contributed by atoms with Crippen molar-refractivity contribution in [2.24, 2.45) is 11.1 Å². The molecule has 0 spiro atoms. The molecule has 0 radical (unpaired) electrons. The van der Waals surface area contributed by atoms with Gasteiger partial charge in [-0.15, -0.1) is 0 Å². The van der Waals surface area contributed by atoms with Gasteiger partial charge in [0.15, 0.2) is 0 Å². The number of hydrogen-bond donors (Lipinski definition) is 2. The summed E-state index contributed by atoms with van der Waals surface area (Å²) in [4.78, 5) is 12.5. The molecule has 0 heterocycles. The van der Waals surface area contributed by atoms with Gasteiger partial charge in [-0.1, -0.05) is 18.2 Å². The summed E-state index contributed by atoms with van der Waals surface area (Å²) in [6.07, 6.45) is 3.99. The number of nitrogens with zero attached hydrogens (tertiary/aromatic N) is 1. The van der Waals surface area contributed by atoms with Gasteiger partial charge < -0.3 is 15.8 Å². The fourth-order valence-electron chi connectivity index (χ4n) is 4.30. The Morgan fingerprint density at radius 3 is 2.59 bits per heavy atom. The minimum Gasteiger partial charge on any atom is -0.494 e. The van der Waals surface area contributed by atoms with Crippen molar-refractivity contribution in [2.45, 2.75) is 45.1 Å². The first-order valence-electron chi connectivity index (χ1n) is 10.2. The number of ether oxygens (including phenoxy) is 1. The molecule has 5 nitrogen and oxygen atoms in total. The van der Waals surface area contributed by atoms with E-state index in [1.165, 1.54) is 0 Å². The average molecular weight is 392 g/mol. The lowest BCUT2D eigenvalue weighted by Gasteiger charge is -2.38. The number of primary amides is 1. The molecule has 3 N–H and O–H groups in total. The number of carbonyl (C=O) groups excluding carboxylic acids is 1. The van der Waals surface area contributed by atoms with Gasteiger partial charge in [0.1, 0.15) is 5.75 Å². The third kappa shape index (κ3) is 4.60. The zero-order chi connectivity index (χ0) is 20.9. The molecule has 29 heavy (non-hydrogen) atoms. The molecule has 0 aromatic heterocycles. The third-order valence-electron chi connectivity index (χ3n) is 6.09. The van der Waals surface area contributed by atoms with Crippen LogP contribution >= 0.6 is 0 Å². The van der Waals surface area contributed by atoms with E-state index < -0.39 is 5.41 Å². The number of nitrogens with one attached hydrogen (secondary N) is 1. The van der Waals surface area contributed by atoms with Gasteiger partial charge in [0, 0.05) is 6.04 Å². The molecule has 5 heteroatoms. The zero-order valence-corrected chi connectivity index (χ0v) is 17.2. The van der Waals surface area contributed by atoms with E-state index in [4.69, 9.17) is 10.5 Å². The molecular formula is C24H29N3O2. The molecule has 0 aliphatic heterocycles. The maximum atomic E-state index is 12.5. The van der Waals surface area contributed by atoms with Crippen LogP contribution in [0.1, 0.15) is 43.7 Å². The van der Waals surface area contributed by atoms with Crippen molar-refractivity contribution in [3.05, 3.63) is 53.6 Å². The molecule has 0 atom stereocenters. The molecule has 0 saturated heterocycles. The van der Waals surface area contributed by atoms with E-state index in [1.807, 2.05) is 44.3 Å². The fraction of sp³-hybridized carbons (Fsp3) is 0.417. The van der Waals surface area contributed by atoms with Crippen molar-refractivity contribution < 1.29 is 9.53 Å². The van der Waals surface area contributed by atoms with Crippen LogP contribution < -0.4 is 15.8 Å². The normalized spacial score (nSPS) is 21.3. The van der Waals surface area contributed by atoms with Crippen LogP contribution in [0.4, 0.5) is 0 Å². The molecule has 3 rings (SSSR count). The highest BCUT2D eigenvalue weighted by Gasteiger charge is 2.40. The predicted molar refractivity (Wildman–Crippen MR) is 114 cm³/mol. The van der Waals surface area contributed by atoms with Crippen LogP contribution in [0.2, 0.25) is 0 Å². The lowest BCUT2D eigenvalue weighted by Crippen LogP contribution is -2.45. The van der Waals surface area contributed by atoms with E-state index in [0.717, 1.165) is 48.1 Å². The zero-order valence-electron chi connectivity index (χ0n) is 17.2. The second-order valence-corrected chi connectivity index (χ2v) is 7.83. The highest BCUT2D eigenvalue weighted by Crippen LogP contribution is 2.41. The SMILES string of the molecule is CCOc1ccc(-c2cccc(C#N)c2)cc1CC1(C(N)=O)CCC(NC)CC1. The van der Waals surface area contributed by atoms with Gasteiger partial charge in [0.2, 0.25) is 5.91 Å². The number of nitrogens with two attached hydrogens (primary N) is 1. The second kappa shape index (κ2) is 9.11. The molecule has 1 aliphatic carbocycles. The van der Waals surface area contributed by atoms with Gasteiger partial charge >= 0.3 is 0 Å². The first kappa shape index (κ1) is 20.9. The smallest absolute Gasteiger partial charge is 0.223 e. The molecule has 1 aliphatic rings. The molecule has 1 saturated carbocycles. The Hall–Kier alpha value is -2.84. The fourth-order valence-corrected chi connectivity index (χ4v) is 4.30. The average Bonchev–Trinajstić information content (AvgIpc) is 2.75. The highest BCUT2D eigenvalue weighted by molar-refractivity contribution is 5.81. The van der Waals surface area contributed by atoms with Crippen molar-refractivity contribution in [3.8, 4) is 22.9 Å². The summed E-state index contributed by atoms with van der Waals surface area (Å²) in [7, 11) is 1.97. The molecule has 0 unspecified atom stereocenters. The largest absolute Gasteiger partial charge is 0.494 e. The number of amides is 1. The molecular weight excluding hydrogens is 362 g/mol. The van der Waals surface area contributed by atoms with Crippen molar-refractivity contribution in [2.75, 3.05) is 13.7 Å². The Bertz CT molecular complexity index is 909. The van der Waals surface area contributed by atoms with Gasteiger partial charge in [-0.25, -0.2) is 0 Å². The summed E-state index contributed by atoms with van der Waals surface area (Å²) in [5.74, 6) is 0.565. The first-order chi connectivity index (χ1) is 14.0. The number of benzene rings is 2. The molecule has 1 fully saturated rings. The van der Waals surface area contributed by atoms with Crippen molar-refractivity contribution >= 4 is 5.91 Å². The number of hydrogen-bond acceptors (Lipinski definition) is 4. The van der Waals surface area contributed by atoms with Crippen LogP contribution in [0.5, 0.6) is 5.75 Å². The topological polar surface area (TPSA) is 88.1 Å². The number of rotatable bonds is 7. The monoisotopic (exact) mass is 391 g/mol. The van der Waals surface area contributed by atoms with E-state index in [0.29, 0.717) is 24.6 Å². The number of carbonyl (C=O) groups is 1. The summed E-state index contributed by atoms with van der Waals surface area (Å²) in [6, 6.07) is 16.2. The minimum atomic E-state index is -0.549. The van der Waals surface area contributed by atoms with Gasteiger partial charge in [-0.2, -0.15) is 5.26 Å². The van der Waals surface area contributed by atoms with E-state index in [-0.39, 0.29) is 5.91 Å². The Kier molecular flexibility index (Phi) is 6.56. The standard InChI is InChI=1S/C24H29N3O2/c1-3-29-22-8-7-19(18-6-4-5-17(13-18)16-25)14-20(22)15-24(23(26)28)11-9-21(27-2)10-12-24/h4-8,13-14,21,27H,3,9-12,15H2,1-2H3,(H2,26,28). The Morgan fingerprint density at radius 1 is 1.24 bits per heavy atom. The second-order valence-electron chi connectivity index (χ2n) is 7.83. The quantitative estimate of drug-likeness (QED) is 0.751. The van der Waals surface area contributed by atoms with E-state index in [1.54, 1.807) is 6.07 Å². The molecule has 152 valence electrons. The first-order valence-corrected chi connectivity index (χ1v) is 10.2. The van der Waals surface area contributed by atoms with Crippen LogP contribution in [-0.2, 0) is 11.2 Å². The minimum absolute atomic E-state index is 0.230. The van der Waals surface area contributed by atoms with Crippen LogP contribution in [-0.4, -0.2) is 25.6 Å². The van der Waals surface area contributed by atoms with Crippen LogP contribution in [0.25, 0.3) is 11.1 Å². The summed E-state index contributed by atoms with van der Waals surface area (Å²) in [5, 5.41) is 12.5. The predicted octanol–water partition coefficient (Wildman–Crippen LogP) is 3.80. The summed E-state index contributed by atoms with van der Waals surface area (Å²) in [5.41, 5.74) is 8.95. The van der Waals surface area contributed by atoms with Crippen LogP contribution in [0.15, 0.2) is 42.5 Å². The van der Waals surface area contributed by atoms with E-state index in [9.17, 15) is 10.1 Å². The van der Waals surface area contributed by atoms with Gasteiger partial charge in [0.25, 0.3) is 0 Å². The van der Waals surface area contributed by atoms with Gasteiger partial charge in [0.05, 0.1) is 23.7 Å². The summed E-state index contributed by atoms with van der Waals surface area (Å²) < 4.78 is 5.86. The Morgan fingerprint density at radius 2 is 1.97 bits per heavy atom. The third-order valence-corrected chi connectivity index (χ3v) is 6.09. The van der Waals surface area contributed by atoms with Gasteiger partial charge in [-0.3, -0.25) is 4.79 Å². The van der Waals surface area contributed by atoms with Crippen molar-refractivity contribution in [1.82, 2.24) is 5.32 Å². The van der Waals surface area contributed by atoms with E-state index >= 15 is 0 Å². The Balaban J connectivity index is 1.97. The summed E-state index contributed by atoms with van der Waals surface area (Å²) in [6.45, 7) is 2.51. The molecule has 1 amide bonds. The highest BCUT2D eigenvalue weighted by atomic mass is 16.5. The van der Waals surface area contributed by atoms with Gasteiger partial charge in [-0.05, 0) is 87.0 Å². The lowest BCUT2D eigenvalue weighted by molar-refractivity contribution is -0.129. The molecule has 2 aromatic carbocycles. The van der Waals surface area contributed by atoms with Crippen LogP contribution in [0, 0.1) is 16.7 Å². The van der Waals surface area contributed by atoms with Crippen LogP contribution in [0.3, 0.4) is 0 Å². The van der Waals surface area contributed by atoms with Crippen molar-refractivity contribution in [1.29, 1.82) is 5.26 Å². The number of nitriles is 1. The Labute approximate surface area is 172 Å². The van der Waals surface area contributed by atoms with Crippen molar-refractivity contribution in [3.63, 3.8) is 0 Å². The maximum Gasteiger partial charge on any atom is 0.223 e. The van der Waals surface area contributed by atoms with E-state index in [2.05, 4.69) is 17.5 Å². The molecule has 2 aromatic rings. The summed E-state index contributed by atoms with van der Waals surface area (Å²) >= 11 is 0.